The molecule has 1 rings (SSSR count). The van der Waals surface area contributed by atoms with Gasteiger partial charge in [-0.05, 0) is 26.7 Å². The van der Waals surface area contributed by atoms with Crippen LogP contribution in [-0.4, -0.2) is 71.0 Å². The van der Waals surface area contributed by atoms with Crippen molar-refractivity contribution in [3.63, 3.8) is 0 Å². The van der Waals surface area contributed by atoms with Gasteiger partial charge in [0.05, 0.1) is 18.7 Å². The van der Waals surface area contributed by atoms with E-state index in [0.717, 1.165) is 0 Å². The summed E-state index contributed by atoms with van der Waals surface area (Å²) in [6.07, 6.45) is -0.115. The molecule has 1 aliphatic heterocycles. The van der Waals surface area contributed by atoms with Crippen molar-refractivity contribution in [2.45, 2.75) is 50.9 Å². The monoisotopic (exact) mass is 343 g/mol. The summed E-state index contributed by atoms with van der Waals surface area (Å²) in [7, 11) is 0. The van der Waals surface area contributed by atoms with Crippen molar-refractivity contribution in [1.29, 1.82) is 0 Å². The second-order valence-electron chi connectivity index (χ2n) is 5.88. The molecule has 10 nitrogen and oxygen atoms in total. The van der Waals surface area contributed by atoms with Crippen LogP contribution in [0.1, 0.15) is 26.7 Å². The molecule has 0 aromatic rings. The molecule has 24 heavy (non-hydrogen) atoms. The maximum absolute atomic E-state index is 12.5. The van der Waals surface area contributed by atoms with E-state index in [-0.39, 0.29) is 6.54 Å². The molecule has 0 bridgehead atoms. The van der Waals surface area contributed by atoms with Crippen molar-refractivity contribution in [1.82, 2.24) is 15.5 Å². The summed E-state index contributed by atoms with van der Waals surface area (Å²) in [6.45, 7) is 2.76. The number of primary amides is 1. The maximum Gasteiger partial charge on any atom is 0.248 e. The van der Waals surface area contributed by atoms with Gasteiger partial charge < -0.3 is 32.1 Å². The molecule has 0 aromatic carbocycles. The number of hydrogen-bond donors (Lipinski definition) is 5. The Morgan fingerprint density at radius 3 is 2.42 bits per heavy atom. The van der Waals surface area contributed by atoms with E-state index >= 15 is 0 Å². The largest absolute Gasteiger partial charge is 0.391 e. The SMILES string of the molecule is C[C@H](N)C(=O)NCC(=O)N[C@H](C(=O)N1CCC[C@H]1C(N)=O)[C@@H](C)O. The number of nitrogens with zero attached hydrogens (tertiary/aromatic N) is 1. The minimum atomic E-state index is -1.23. The van der Waals surface area contributed by atoms with E-state index < -0.39 is 47.9 Å². The Balaban J connectivity index is 2.69. The topological polar surface area (TPSA) is 168 Å². The molecule has 136 valence electrons. The quantitative estimate of drug-likeness (QED) is 0.326. The fourth-order valence-corrected chi connectivity index (χ4v) is 2.45. The van der Waals surface area contributed by atoms with Crippen LogP contribution in [0.5, 0.6) is 0 Å². The average molecular weight is 343 g/mol. The lowest BCUT2D eigenvalue weighted by Crippen LogP contribution is -2.57. The lowest BCUT2D eigenvalue weighted by Gasteiger charge is -2.29. The van der Waals surface area contributed by atoms with Gasteiger partial charge in [0, 0.05) is 6.54 Å². The van der Waals surface area contributed by atoms with Crippen molar-refractivity contribution in [2.24, 2.45) is 11.5 Å². The second-order valence-corrected chi connectivity index (χ2v) is 5.88. The first-order valence-corrected chi connectivity index (χ1v) is 7.75. The van der Waals surface area contributed by atoms with Gasteiger partial charge in [-0.15, -0.1) is 0 Å². The number of carbonyl (C=O) groups excluding carboxylic acids is 4. The average Bonchev–Trinajstić information content (AvgIpc) is 2.98. The van der Waals surface area contributed by atoms with Gasteiger partial charge in [-0.2, -0.15) is 0 Å². The van der Waals surface area contributed by atoms with Gasteiger partial charge in [0.2, 0.25) is 23.6 Å². The number of aliphatic hydroxyl groups is 1. The van der Waals surface area contributed by atoms with Crippen LogP contribution in [0.25, 0.3) is 0 Å². The molecule has 1 aliphatic rings. The molecular weight excluding hydrogens is 318 g/mol. The van der Waals surface area contributed by atoms with E-state index in [4.69, 9.17) is 11.5 Å². The number of rotatable bonds is 7. The Bertz CT molecular complexity index is 508. The van der Waals surface area contributed by atoms with E-state index in [9.17, 15) is 24.3 Å². The Morgan fingerprint density at radius 2 is 1.92 bits per heavy atom. The molecule has 0 saturated carbocycles. The highest BCUT2D eigenvalue weighted by molar-refractivity contribution is 5.93. The molecule has 7 N–H and O–H groups in total. The molecule has 0 spiro atoms. The molecule has 1 fully saturated rings. The Labute approximate surface area is 139 Å². The van der Waals surface area contributed by atoms with Crippen LogP contribution in [0.3, 0.4) is 0 Å². The van der Waals surface area contributed by atoms with Crippen molar-refractivity contribution in [2.75, 3.05) is 13.1 Å². The number of aliphatic hydroxyl groups excluding tert-OH is 1. The first-order chi connectivity index (χ1) is 11.1. The van der Waals surface area contributed by atoms with Crippen LogP contribution in [0.2, 0.25) is 0 Å². The standard InChI is InChI=1S/C14H25N5O5/c1-7(15)13(23)17-6-10(21)18-11(8(2)20)14(24)19-5-3-4-9(19)12(16)22/h7-9,11,20H,3-6,15H2,1-2H3,(H2,16,22)(H,17,23)(H,18,21)/t7-,8+,9-,11-/m0/s1. The molecule has 0 unspecified atom stereocenters. The van der Waals surface area contributed by atoms with E-state index in [1.807, 2.05) is 0 Å². The summed E-state index contributed by atoms with van der Waals surface area (Å²) in [4.78, 5) is 48.4. The molecule has 1 saturated heterocycles. The van der Waals surface area contributed by atoms with Crippen molar-refractivity contribution < 1.29 is 24.3 Å². The van der Waals surface area contributed by atoms with Crippen LogP contribution in [0, 0.1) is 0 Å². The highest BCUT2D eigenvalue weighted by Gasteiger charge is 2.38. The fourth-order valence-electron chi connectivity index (χ4n) is 2.45. The van der Waals surface area contributed by atoms with E-state index in [1.54, 1.807) is 0 Å². The van der Waals surface area contributed by atoms with Crippen molar-refractivity contribution in [3.05, 3.63) is 0 Å². The molecule has 4 amide bonds. The van der Waals surface area contributed by atoms with Crippen LogP contribution in [0.4, 0.5) is 0 Å². The van der Waals surface area contributed by atoms with Crippen LogP contribution in [-0.2, 0) is 19.2 Å². The molecule has 10 heteroatoms. The first kappa shape index (κ1) is 19.8. The van der Waals surface area contributed by atoms with Crippen LogP contribution < -0.4 is 22.1 Å². The third-order valence-electron chi connectivity index (χ3n) is 3.77. The fraction of sp³-hybridized carbons (Fsp3) is 0.714. The lowest BCUT2D eigenvalue weighted by atomic mass is 10.1. The van der Waals surface area contributed by atoms with Gasteiger partial charge in [-0.25, -0.2) is 0 Å². The summed E-state index contributed by atoms with van der Waals surface area (Å²) in [5.41, 5.74) is 10.6. The predicted octanol–water partition coefficient (Wildman–Crippen LogP) is -3.21. The molecule has 1 heterocycles. The Hall–Kier alpha value is -2.20. The van der Waals surface area contributed by atoms with Crippen molar-refractivity contribution in [3.8, 4) is 0 Å². The normalized spacial score (nSPS) is 20.8. The minimum Gasteiger partial charge on any atom is -0.391 e. The number of carbonyl (C=O) groups is 4. The third kappa shape index (κ3) is 5.17. The first-order valence-electron chi connectivity index (χ1n) is 7.75. The van der Waals surface area contributed by atoms with Gasteiger partial charge in [-0.1, -0.05) is 0 Å². The summed E-state index contributed by atoms with van der Waals surface area (Å²) in [6, 6.07) is -2.74. The summed E-state index contributed by atoms with van der Waals surface area (Å²) in [5, 5.41) is 14.5. The zero-order valence-electron chi connectivity index (χ0n) is 13.8. The van der Waals surface area contributed by atoms with Crippen LogP contribution in [0.15, 0.2) is 0 Å². The zero-order valence-corrected chi connectivity index (χ0v) is 13.8. The molecular formula is C14H25N5O5. The van der Waals surface area contributed by atoms with Crippen molar-refractivity contribution >= 4 is 23.6 Å². The molecule has 0 radical (unpaired) electrons. The molecule has 4 atom stereocenters. The third-order valence-corrected chi connectivity index (χ3v) is 3.77. The van der Waals surface area contributed by atoms with Gasteiger partial charge in [0.25, 0.3) is 0 Å². The van der Waals surface area contributed by atoms with Crippen LogP contribution >= 0.6 is 0 Å². The smallest absolute Gasteiger partial charge is 0.248 e. The Morgan fingerprint density at radius 1 is 1.29 bits per heavy atom. The van der Waals surface area contributed by atoms with Gasteiger partial charge in [-0.3, -0.25) is 19.2 Å². The molecule has 0 aromatic heterocycles. The molecule has 0 aliphatic carbocycles. The zero-order chi connectivity index (χ0) is 18.4. The number of nitrogens with two attached hydrogens (primary N) is 2. The van der Waals surface area contributed by atoms with E-state index in [2.05, 4.69) is 10.6 Å². The number of amides is 4. The highest BCUT2D eigenvalue weighted by Crippen LogP contribution is 2.18. The van der Waals surface area contributed by atoms with E-state index in [0.29, 0.717) is 19.4 Å². The van der Waals surface area contributed by atoms with Gasteiger partial charge in [0.15, 0.2) is 0 Å². The maximum atomic E-state index is 12.5. The van der Waals surface area contributed by atoms with Gasteiger partial charge >= 0.3 is 0 Å². The summed E-state index contributed by atoms with van der Waals surface area (Å²) >= 11 is 0. The summed E-state index contributed by atoms with van der Waals surface area (Å²) in [5.74, 6) is -2.38. The predicted molar refractivity (Wildman–Crippen MR) is 84.2 cm³/mol. The lowest BCUT2D eigenvalue weighted by molar-refractivity contribution is -0.143. The van der Waals surface area contributed by atoms with E-state index in [1.165, 1.54) is 18.7 Å². The number of nitrogens with one attached hydrogen (secondary N) is 2. The second kappa shape index (κ2) is 8.60. The number of hydrogen-bond acceptors (Lipinski definition) is 6. The Kier molecular flexibility index (Phi) is 7.11. The minimum absolute atomic E-state index is 0.326. The highest BCUT2D eigenvalue weighted by atomic mass is 16.3. The summed E-state index contributed by atoms with van der Waals surface area (Å²) < 4.78 is 0. The van der Waals surface area contributed by atoms with Gasteiger partial charge in [0.1, 0.15) is 12.1 Å². The number of likely N-dealkylation sites (tertiary alicyclic amines) is 1.